The van der Waals surface area contributed by atoms with Crippen molar-refractivity contribution in [2.24, 2.45) is 11.7 Å². The molecule has 0 aliphatic carbocycles. The molecule has 0 heterocycles. The molecular formula is C13H23ClN2O3S. The molecule has 3 N–H and O–H groups in total. The van der Waals surface area contributed by atoms with Crippen molar-refractivity contribution in [3.63, 3.8) is 0 Å². The summed E-state index contributed by atoms with van der Waals surface area (Å²) in [6, 6.07) is 6.26. The molecule has 1 aromatic rings. The number of benzene rings is 1. The second-order valence-electron chi connectivity index (χ2n) is 4.83. The number of para-hydroxylation sites is 1. The molecule has 1 unspecified atom stereocenters. The van der Waals surface area contributed by atoms with E-state index < -0.39 is 10.0 Å². The Hall–Kier alpha value is -0.820. The van der Waals surface area contributed by atoms with Crippen LogP contribution in [0, 0.1) is 5.92 Å². The van der Waals surface area contributed by atoms with Crippen molar-refractivity contribution in [2.75, 3.05) is 13.7 Å². The molecule has 0 aliphatic rings. The third-order valence-corrected chi connectivity index (χ3v) is 4.28. The van der Waals surface area contributed by atoms with Crippen molar-refractivity contribution < 1.29 is 13.2 Å². The molecule has 0 aromatic heterocycles. The van der Waals surface area contributed by atoms with Crippen molar-refractivity contribution in [1.82, 2.24) is 4.72 Å². The summed E-state index contributed by atoms with van der Waals surface area (Å²) in [4.78, 5) is 0.139. The van der Waals surface area contributed by atoms with Crippen LogP contribution < -0.4 is 15.2 Å². The minimum Gasteiger partial charge on any atom is -0.495 e. The summed E-state index contributed by atoms with van der Waals surface area (Å²) in [5.74, 6) is 0.698. The number of rotatable bonds is 7. The van der Waals surface area contributed by atoms with E-state index in [9.17, 15) is 8.42 Å². The van der Waals surface area contributed by atoms with Gasteiger partial charge in [-0.15, -0.1) is 12.4 Å². The van der Waals surface area contributed by atoms with Crippen LogP contribution in [-0.4, -0.2) is 28.1 Å². The first kappa shape index (κ1) is 19.2. The smallest absolute Gasteiger partial charge is 0.244 e. The van der Waals surface area contributed by atoms with E-state index in [1.54, 1.807) is 18.2 Å². The number of methoxy groups -OCH3 is 1. The summed E-state index contributed by atoms with van der Waals surface area (Å²) in [6.07, 6.45) is 0.699. The van der Waals surface area contributed by atoms with Crippen molar-refractivity contribution >= 4 is 22.4 Å². The van der Waals surface area contributed by atoms with Crippen LogP contribution in [0.2, 0.25) is 0 Å². The lowest BCUT2D eigenvalue weighted by molar-refractivity contribution is 0.401. The maximum atomic E-state index is 12.3. The van der Waals surface area contributed by atoms with Gasteiger partial charge < -0.3 is 10.5 Å². The van der Waals surface area contributed by atoms with Gasteiger partial charge in [0.1, 0.15) is 10.6 Å². The molecule has 0 spiro atoms. The Kier molecular flexibility index (Phi) is 8.12. The van der Waals surface area contributed by atoms with Crippen molar-refractivity contribution in [3.8, 4) is 5.75 Å². The number of nitrogens with two attached hydrogens (primary N) is 1. The summed E-state index contributed by atoms with van der Waals surface area (Å²) >= 11 is 0. The fourth-order valence-electron chi connectivity index (χ4n) is 1.89. The molecule has 7 heteroatoms. The molecule has 0 saturated heterocycles. The standard InChI is InChI=1S/C13H22N2O3S.ClH/c1-10(2)8-11(9-14)15-19(16,17)13-7-5-4-6-12(13)18-3;/h4-7,10-11,15H,8-9,14H2,1-3H3;1H. The Labute approximate surface area is 127 Å². The van der Waals surface area contributed by atoms with Gasteiger partial charge in [-0.2, -0.15) is 0 Å². The summed E-state index contributed by atoms with van der Waals surface area (Å²) in [5, 5.41) is 0. The number of sulfonamides is 1. The molecule has 0 amide bonds. The molecule has 1 atom stereocenters. The van der Waals surface area contributed by atoms with Crippen LogP contribution >= 0.6 is 12.4 Å². The molecule has 0 fully saturated rings. The quantitative estimate of drug-likeness (QED) is 0.801. The van der Waals surface area contributed by atoms with Gasteiger partial charge >= 0.3 is 0 Å². The highest BCUT2D eigenvalue weighted by atomic mass is 35.5. The first-order valence-electron chi connectivity index (χ1n) is 6.26. The van der Waals surface area contributed by atoms with Crippen molar-refractivity contribution in [2.45, 2.75) is 31.2 Å². The second-order valence-corrected chi connectivity index (χ2v) is 6.52. The van der Waals surface area contributed by atoms with Crippen LogP contribution in [0.3, 0.4) is 0 Å². The van der Waals surface area contributed by atoms with Crippen LogP contribution in [-0.2, 0) is 10.0 Å². The first-order chi connectivity index (χ1) is 8.90. The lowest BCUT2D eigenvalue weighted by atomic mass is 10.1. The number of hydrogen-bond donors (Lipinski definition) is 2. The normalized spacial score (nSPS) is 12.8. The maximum Gasteiger partial charge on any atom is 0.244 e. The predicted octanol–water partition coefficient (Wildman–Crippen LogP) is 1.77. The molecule has 0 saturated carbocycles. The number of hydrogen-bond acceptors (Lipinski definition) is 4. The van der Waals surface area contributed by atoms with E-state index in [-0.39, 0.29) is 29.9 Å². The zero-order valence-electron chi connectivity index (χ0n) is 12.0. The highest BCUT2D eigenvalue weighted by Gasteiger charge is 2.22. The Balaban J connectivity index is 0.00000361. The van der Waals surface area contributed by atoms with Gasteiger partial charge in [0, 0.05) is 12.6 Å². The third-order valence-electron chi connectivity index (χ3n) is 2.72. The van der Waals surface area contributed by atoms with E-state index in [2.05, 4.69) is 4.72 Å². The van der Waals surface area contributed by atoms with Gasteiger partial charge in [0.15, 0.2) is 0 Å². The Bertz CT molecular complexity index is 506. The molecule has 20 heavy (non-hydrogen) atoms. The fraction of sp³-hybridized carbons (Fsp3) is 0.538. The van der Waals surface area contributed by atoms with E-state index in [1.807, 2.05) is 13.8 Å². The number of ether oxygens (including phenoxy) is 1. The molecule has 0 bridgehead atoms. The lowest BCUT2D eigenvalue weighted by Crippen LogP contribution is -2.41. The molecule has 116 valence electrons. The minimum atomic E-state index is -3.61. The van der Waals surface area contributed by atoms with Gasteiger partial charge in [0.25, 0.3) is 0 Å². The SMILES string of the molecule is COc1ccccc1S(=O)(=O)NC(CN)CC(C)C.Cl. The summed E-state index contributed by atoms with van der Waals surface area (Å²) in [7, 11) is -2.17. The minimum absolute atomic E-state index is 0. The van der Waals surface area contributed by atoms with E-state index >= 15 is 0 Å². The maximum absolute atomic E-state index is 12.3. The van der Waals surface area contributed by atoms with Crippen LogP contribution in [0.15, 0.2) is 29.2 Å². The largest absolute Gasteiger partial charge is 0.495 e. The van der Waals surface area contributed by atoms with Gasteiger partial charge in [-0.1, -0.05) is 26.0 Å². The number of nitrogens with one attached hydrogen (secondary N) is 1. The Morgan fingerprint density at radius 1 is 1.30 bits per heavy atom. The van der Waals surface area contributed by atoms with E-state index in [0.717, 1.165) is 0 Å². The van der Waals surface area contributed by atoms with Crippen LogP contribution in [0.1, 0.15) is 20.3 Å². The number of halogens is 1. The summed E-state index contributed by atoms with van der Waals surface area (Å²) in [6.45, 7) is 4.33. The molecule has 1 rings (SSSR count). The monoisotopic (exact) mass is 322 g/mol. The van der Waals surface area contributed by atoms with Crippen molar-refractivity contribution in [3.05, 3.63) is 24.3 Å². The molecule has 5 nitrogen and oxygen atoms in total. The van der Waals surface area contributed by atoms with E-state index in [4.69, 9.17) is 10.5 Å². The summed E-state index contributed by atoms with van der Waals surface area (Å²) < 4.78 is 32.3. The van der Waals surface area contributed by atoms with Crippen LogP contribution in [0.25, 0.3) is 0 Å². The first-order valence-corrected chi connectivity index (χ1v) is 7.74. The fourth-order valence-corrected chi connectivity index (χ4v) is 3.32. The molecule has 0 aliphatic heterocycles. The van der Waals surface area contributed by atoms with Gasteiger partial charge in [0.05, 0.1) is 7.11 Å². The highest BCUT2D eigenvalue weighted by Crippen LogP contribution is 2.23. The molecule has 0 radical (unpaired) electrons. The Morgan fingerprint density at radius 3 is 2.40 bits per heavy atom. The predicted molar refractivity (Wildman–Crippen MR) is 82.9 cm³/mol. The van der Waals surface area contributed by atoms with E-state index in [1.165, 1.54) is 13.2 Å². The second kappa shape index (κ2) is 8.46. The Morgan fingerprint density at radius 2 is 1.90 bits per heavy atom. The molecule has 1 aromatic carbocycles. The van der Waals surface area contributed by atoms with Gasteiger partial charge in [-0.25, -0.2) is 13.1 Å². The van der Waals surface area contributed by atoms with Crippen molar-refractivity contribution in [1.29, 1.82) is 0 Å². The topological polar surface area (TPSA) is 81.4 Å². The average molecular weight is 323 g/mol. The third kappa shape index (κ3) is 5.28. The zero-order valence-corrected chi connectivity index (χ0v) is 13.6. The van der Waals surface area contributed by atoms with E-state index in [0.29, 0.717) is 18.1 Å². The van der Waals surface area contributed by atoms with Gasteiger partial charge in [-0.3, -0.25) is 0 Å². The van der Waals surface area contributed by atoms with Gasteiger partial charge in [-0.05, 0) is 24.5 Å². The average Bonchev–Trinajstić information content (AvgIpc) is 2.37. The summed E-state index contributed by atoms with van der Waals surface area (Å²) in [5.41, 5.74) is 5.62. The van der Waals surface area contributed by atoms with Crippen LogP contribution in [0.4, 0.5) is 0 Å². The zero-order chi connectivity index (χ0) is 14.5. The molecular weight excluding hydrogens is 300 g/mol. The lowest BCUT2D eigenvalue weighted by Gasteiger charge is -2.19. The van der Waals surface area contributed by atoms with Crippen LogP contribution in [0.5, 0.6) is 5.75 Å². The highest BCUT2D eigenvalue weighted by molar-refractivity contribution is 7.89. The van der Waals surface area contributed by atoms with Gasteiger partial charge in [0.2, 0.25) is 10.0 Å².